The van der Waals surface area contributed by atoms with Crippen LogP contribution >= 0.6 is 11.8 Å². The van der Waals surface area contributed by atoms with Gasteiger partial charge in [-0.2, -0.15) is 5.26 Å². The van der Waals surface area contributed by atoms with E-state index in [9.17, 15) is 4.79 Å². The van der Waals surface area contributed by atoms with Gasteiger partial charge in [0.15, 0.2) is 0 Å². The number of amides is 1. The topological polar surface area (TPSA) is 75.0 Å². The summed E-state index contributed by atoms with van der Waals surface area (Å²) in [5.74, 6) is 1.27. The lowest BCUT2D eigenvalue weighted by Gasteiger charge is -2.07. The molecule has 1 aromatic carbocycles. The third-order valence-electron chi connectivity index (χ3n) is 3.14. The largest absolute Gasteiger partial charge is 0.494 e. The molecule has 0 spiro atoms. The average Bonchev–Trinajstić information content (AvgIpc) is 2.57. The van der Waals surface area contributed by atoms with Gasteiger partial charge in [-0.1, -0.05) is 0 Å². The minimum atomic E-state index is -0.0715. The van der Waals surface area contributed by atoms with E-state index >= 15 is 0 Å². The number of rotatable bonds is 7. The Labute approximate surface area is 146 Å². The van der Waals surface area contributed by atoms with Crippen molar-refractivity contribution in [1.82, 2.24) is 4.98 Å². The van der Waals surface area contributed by atoms with E-state index in [1.165, 1.54) is 11.8 Å². The predicted molar refractivity (Wildman–Crippen MR) is 95.3 cm³/mol. The number of carbonyl (C=O) groups excluding carboxylic acids is 1. The van der Waals surface area contributed by atoms with E-state index < -0.39 is 0 Å². The SMILES string of the molecule is CCOc1ccc(NC(=O)CCSc2nc(C)ccc2C#N)cc1. The van der Waals surface area contributed by atoms with E-state index in [1.807, 2.05) is 38.1 Å². The number of nitrogens with zero attached hydrogens (tertiary/aromatic N) is 2. The van der Waals surface area contributed by atoms with Crippen LogP contribution in [0.25, 0.3) is 0 Å². The molecule has 0 radical (unpaired) electrons. The normalized spacial score (nSPS) is 10.0. The number of anilines is 1. The number of nitrogens with one attached hydrogen (secondary N) is 1. The van der Waals surface area contributed by atoms with Crippen LogP contribution in [0.15, 0.2) is 41.4 Å². The Bertz CT molecular complexity index is 739. The number of nitriles is 1. The maximum Gasteiger partial charge on any atom is 0.225 e. The number of carbonyl (C=O) groups is 1. The summed E-state index contributed by atoms with van der Waals surface area (Å²) in [4.78, 5) is 16.3. The molecule has 1 heterocycles. The number of aryl methyl sites for hydroxylation is 1. The summed E-state index contributed by atoms with van der Waals surface area (Å²) in [5, 5.41) is 12.6. The van der Waals surface area contributed by atoms with Gasteiger partial charge in [-0.15, -0.1) is 11.8 Å². The van der Waals surface area contributed by atoms with Crippen molar-refractivity contribution in [2.75, 3.05) is 17.7 Å². The Morgan fingerprint density at radius 3 is 2.71 bits per heavy atom. The molecule has 0 aliphatic carbocycles. The lowest BCUT2D eigenvalue weighted by Crippen LogP contribution is -2.12. The fourth-order valence-electron chi connectivity index (χ4n) is 1.99. The summed E-state index contributed by atoms with van der Waals surface area (Å²) >= 11 is 1.42. The molecule has 0 saturated carbocycles. The van der Waals surface area contributed by atoms with Crippen molar-refractivity contribution in [3.63, 3.8) is 0 Å². The van der Waals surface area contributed by atoms with Crippen LogP contribution in [0.5, 0.6) is 5.75 Å². The predicted octanol–water partition coefficient (Wildman–Crippen LogP) is 3.78. The number of ether oxygens (including phenoxy) is 1. The van der Waals surface area contributed by atoms with Crippen molar-refractivity contribution in [2.24, 2.45) is 0 Å². The highest BCUT2D eigenvalue weighted by Crippen LogP contribution is 2.21. The Kier molecular flexibility index (Phi) is 6.64. The van der Waals surface area contributed by atoms with Crippen LogP contribution < -0.4 is 10.1 Å². The molecule has 0 fully saturated rings. The van der Waals surface area contributed by atoms with E-state index in [0.717, 1.165) is 17.1 Å². The van der Waals surface area contributed by atoms with Gasteiger partial charge in [-0.25, -0.2) is 4.98 Å². The first-order chi connectivity index (χ1) is 11.6. The van der Waals surface area contributed by atoms with Gasteiger partial charge in [-0.3, -0.25) is 4.79 Å². The van der Waals surface area contributed by atoms with Crippen LogP contribution in [0.2, 0.25) is 0 Å². The molecule has 5 nitrogen and oxygen atoms in total. The molecule has 0 unspecified atom stereocenters. The molecule has 0 atom stereocenters. The van der Waals surface area contributed by atoms with E-state index in [4.69, 9.17) is 10.00 Å². The maximum absolute atomic E-state index is 12.0. The summed E-state index contributed by atoms with van der Waals surface area (Å²) in [6, 6.07) is 13.0. The van der Waals surface area contributed by atoms with Gasteiger partial charge in [0.1, 0.15) is 16.8 Å². The van der Waals surface area contributed by atoms with Crippen molar-refractivity contribution in [3.05, 3.63) is 47.7 Å². The van der Waals surface area contributed by atoms with Crippen molar-refractivity contribution in [3.8, 4) is 11.8 Å². The maximum atomic E-state index is 12.0. The number of thioether (sulfide) groups is 1. The lowest BCUT2D eigenvalue weighted by atomic mass is 10.3. The van der Waals surface area contributed by atoms with Crippen molar-refractivity contribution in [2.45, 2.75) is 25.3 Å². The first-order valence-electron chi connectivity index (χ1n) is 7.65. The fraction of sp³-hybridized carbons (Fsp3) is 0.278. The molecule has 0 aliphatic rings. The third kappa shape index (κ3) is 5.28. The molecule has 1 aromatic heterocycles. The number of hydrogen-bond donors (Lipinski definition) is 1. The van der Waals surface area contributed by atoms with Crippen molar-refractivity contribution < 1.29 is 9.53 Å². The molecule has 6 heteroatoms. The second-order valence-corrected chi connectivity index (χ2v) is 6.10. The molecule has 2 rings (SSSR count). The number of pyridine rings is 1. The first-order valence-corrected chi connectivity index (χ1v) is 8.64. The molecule has 0 aliphatic heterocycles. The van der Waals surface area contributed by atoms with Gasteiger partial charge in [0.25, 0.3) is 0 Å². The summed E-state index contributed by atoms with van der Waals surface area (Å²) in [5.41, 5.74) is 2.13. The lowest BCUT2D eigenvalue weighted by molar-refractivity contribution is -0.115. The second-order valence-electron chi connectivity index (χ2n) is 5.02. The highest BCUT2D eigenvalue weighted by molar-refractivity contribution is 7.99. The number of aromatic nitrogens is 1. The van der Waals surface area contributed by atoms with Gasteiger partial charge >= 0.3 is 0 Å². The van der Waals surface area contributed by atoms with Gasteiger partial charge in [0, 0.05) is 23.6 Å². The highest BCUT2D eigenvalue weighted by Gasteiger charge is 2.07. The Hall–Kier alpha value is -2.52. The standard InChI is InChI=1S/C18H19N3O2S/c1-3-23-16-8-6-15(7-9-16)21-17(22)10-11-24-18-14(12-19)5-4-13(2)20-18/h4-9H,3,10-11H2,1-2H3,(H,21,22). The smallest absolute Gasteiger partial charge is 0.225 e. The summed E-state index contributed by atoms with van der Waals surface area (Å²) in [7, 11) is 0. The highest BCUT2D eigenvalue weighted by atomic mass is 32.2. The minimum absolute atomic E-state index is 0.0715. The Morgan fingerprint density at radius 2 is 2.04 bits per heavy atom. The van der Waals surface area contributed by atoms with Gasteiger partial charge in [0.05, 0.1) is 12.2 Å². The molecule has 0 bridgehead atoms. The summed E-state index contributed by atoms with van der Waals surface area (Å²) in [6.45, 7) is 4.42. The van der Waals surface area contributed by atoms with E-state index in [2.05, 4.69) is 16.4 Å². The summed E-state index contributed by atoms with van der Waals surface area (Å²) < 4.78 is 5.36. The molecule has 0 saturated heterocycles. The molecular formula is C18H19N3O2S. The monoisotopic (exact) mass is 341 g/mol. The Morgan fingerprint density at radius 1 is 1.29 bits per heavy atom. The zero-order valence-corrected chi connectivity index (χ0v) is 14.5. The Balaban J connectivity index is 1.83. The molecular weight excluding hydrogens is 322 g/mol. The van der Waals surface area contributed by atoms with Crippen molar-refractivity contribution >= 4 is 23.4 Å². The van der Waals surface area contributed by atoms with Crippen LogP contribution in [0.1, 0.15) is 24.6 Å². The van der Waals surface area contributed by atoms with Crippen molar-refractivity contribution in [1.29, 1.82) is 5.26 Å². The summed E-state index contributed by atoms with van der Waals surface area (Å²) in [6.07, 6.45) is 0.346. The van der Waals surface area contributed by atoms with Gasteiger partial charge in [0.2, 0.25) is 5.91 Å². The van der Waals surface area contributed by atoms with Crippen LogP contribution in [-0.2, 0) is 4.79 Å². The minimum Gasteiger partial charge on any atom is -0.494 e. The fourth-order valence-corrected chi connectivity index (χ4v) is 2.95. The zero-order chi connectivity index (χ0) is 17.4. The molecule has 1 amide bonds. The van der Waals surface area contributed by atoms with Crippen LogP contribution in [0.3, 0.4) is 0 Å². The number of benzene rings is 1. The van der Waals surface area contributed by atoms with E-state index in [0.29, 0.717) is 29.4 Å². The average molecular weight is 341 g/mol. The number of hydrogen-bond acceptors (Lipinski definition) is 5. The van der Waals surface area contributed by atoms with Crippen LogP contribution in [0, 0.1) is 18.3 Å². The van der Waals surface area contributed by atoms with Gasteiger partial charge in [-0.05, 0) is 50.2 Å². The quantitative estimate of drug-likeness (QED) is 0.776. The van der Waals surface area contributed by atoms with Crippen LogP contribution in [0.4, 0.5) is 5.69 Å². The van der Waals surface area contributed by atoms with E-state index in [1.54, 1.807) is 12.1 Å². The third-order valence-corrected chi connectivity index (χ3v) is 4.13. The second kappa shape index (κ2) is 8.94. The zero-order valence-electron chi connectivity index (χ0n) is 13.7. The molecule has 1 N–H and O–H groups in total. The van der Waals surface area contributed by atoms with Gasteiger partial charge < -0.3 is 10.1 Å². The molecule has 124 valence electrons. The molecule has 2 aromatic rings. The van der Waals surface area contributed by atoms with E-state index in [-0.39, 0.29) is 5.91 Å². The molecule has 24 heavy (non-hydrogen) atoms. The van der Waals surface area contributed by atoms with Crippen LogP contribution in [-0.4, -0.2) is 23.3 Å². The first kappa shape index (κ1) is 17.8.